The minimum Gasteiger partial charge on any atom is -0.424 e. The summed E-state index contributed by atoms with van der Waals surface area (Å²) < 4.78 is 5.67. The van der Waals surface area contributed by atoms with E-state index in [9.17, 15) is 5.11 Å². The quantitative estimate of drug-likeness (QED) is 0.884. The van der Waals surface area contributed by atoms with Crippen molar-refractivity contribution in [2.24, 2.45) is 5.92 Å². The minimum absolute atomic E-state index is 0.300. The van der Waals surface area contributed by atoms with Crippen molar-refractivity contribution in [3.8, 4) is 0 Å². The smallest absolute Gasteiger partial charge is 0.295 e. The molecule has 2 N–H and O–H groups in total. The molecule has 3 rings (SSSR count). The van der Waals surface area contributed by atoms with Crippen LogP contribution >= 0.6 is 0 Å². The Hall–Kier alpha value is -1.59. The molecule has 1 aromatic heterocycles. The van der Waals surface area contributed by atoms with Crippen molar-refractivity contribution in [2.45, 2.75) is 19.8 Å². The van der Waals surface area contributed by atoms with Gasteiger partial charge in [0.05, 0.1) is 0 Å². The Morgan fingerprint density at radius 2 is 2.38 bits per heavy atom. The molecular formula is C16H23N3O2. The van der Waals surface area contributed by atoms with Gasteiger partial charge in [-0.2, -0.15) is 4.98 Å². The zero-order valence-corrected chi connectivity index (χ0v) is 12.5. The number of oxazole rings is 1. The summed E-state index contributed by atoms with van der Waals surface area (Å²) in [4.78, 5) is 6.84. The van der Waals surface area contributed by atoms with E-state index < -0.39 is 0 Å². The highest BCUT2D eigenvalue weighted by Gasteiger charge is 2.18. The van der Waals surface area contributed by atoms with Crippen LogP contribution in [0.3, 0.4) is 0 Å². The van der Waals surface area contributed by atoms with Crippen molar-refractivity contribution >= 4 is 17.1 Å². The van der Waals surface area contributed by atoms with Crippen molar-refractivity contribution in [1.82, 2.24) is 9.88 Å². The molecule has 1 atom stereocenters. The number of nitrogens with zero attached hydrogens (tertiary/aromatic N) is 2. The molecule has 5 nitrogen and oxygen atoms in total. The topological polar surface area (TPSA) is 61.5 Å². The van der Waals surface area contributed by atoms with Crippen LogP contribution in [-0.4, -0.2) is 47.8 Å². The van der Waals surface area contributed by atoms with Gasteiger partial charge >= 0.3 is 0 Å². The summed E-state index contributed by atoms with van der Waals surface area (Å²) in [5.41, 5.74) is 2.91. The molecule has 21 heavy (non-hydrogen) atoms. The molecule has 1 aromatic carbocycles. The molecule has 0 bridgehead atoms. The highest BCUT2D eigenvalue weighted by molar-refractivity contribution is 5.75. The number of aliphatic hydroxyl groups excluding tert-OH is 1. The van der Waals surface area contributed by atoms with Crippen LogP contribution in [0.25, 0.3) is 11.1 Å². The van der Waals surface area contributed by atoms with Crippen molar-refractivity contribution < 1.29 is 9.52 Å². The van der Waals surface area contributed by atoms with Crippen LogP contribution in [0, 0.1) is 12.8 Å². The number of benzene rings is 1. The maximum Gasteiger partial charge on any atom is 0.295 e. The number of aliphatic hydroxyl groups is 1. The van der Waals surface area contributed by atoms with Gasteiger partial charge in [-0.05, 0) is 49.9 Å². The van der Waals surface area contributed by atoms with Crippen molar-refractivity contribution in [2.75, 3.05) is 38.1 Å². The first-order valence-electron chi connectivity index (χ1n) is 7.69. The maximum absolute atomic E-state index is 9.25. The number of likely N-dealkylation sites (tertiary alicyclic amines) is 1. The molecule has 1 aliphatic heterocycles. The van der Waals surface area contributed by atoms with Gasteiger partial charge in [-0.1, -0.05) is 6.07 Å². The van der Waals surface area contributed by atoms with Crippen LogP contribution in [0.2, 0.25) is 0 Å². The largest absolute Gasteiger partial charge is 0.424 e. The molecule has 0 radical (unpaired) electrons. The van der Waals surface area contributed by atoms with Gasteiger partial charge in [-0.15, -0.1) is 0 Å². The van der Waals surface area contributed by atoms with Gasteiger partial charge in [0, 0.05) is 26.2 Å². The standard InChI is InChI=1S/C16H23N3O2/c1-12-4-5-15-14(9-12)18-16(21-15)17-6-8-19-7-2-3-13(10-19)11-20/h4-5,9,13,20H,2-3,6-8,10-11H2,1H3,(H,17,18). The molecule has 0 aliphatic carbocycles. The van der Waals surface area contributed by atoms with Crippen molar-refractivity contribution in [3.63, 3.8) is 0 Å². The summed E-state index contributed by atoms with van der Waals surface area (Å²) in [5, 5.41) is 12.5. The molecule has 0 spiro atoms. The van der Waals surface area contributed by atoms with E-state index in [1.807, 2.05) is 18.2 Å². The van der Waals surface area contributed by atoms with Gasteiger partial charge < -0.3 is 19.7 Å². The molecule has 114 valence electrons. The summed E-state index contributed by atoms with van der Waals surface area (Å²) in [6.07, 6.45) is 2.32. The molecule has 1 unspecified atom stereocenters. The van der Waals surface area contributed by atoms with Crippen LogP contribution in [0.1, 0.15) is 18.4 Å². The van der Waals surface area contributed by atoms with Gasteiger partial charge in [-0.3, -0.25) is 0 Å². The lowest BCUT2D eigenvalue weighted by Gasteiger charge is -2.31. The Bertz CT molecular complexity index is 596. The van der Waals surface area contributed by atoms with Gasteiger partial charge in [0.25, 0.3) is 6.01 Å². The number of hydrogen-bond acceptors (Lipinski definition) is 5. The van der Waals surface area contributed by atoms with E-state index in [1.165, 1.54) is 12.0 Å². The second-order valence-electron chi connectivity index (χ2n) is 5.91. The van der Waals surface area contributed by atoms with Crippen molar-refractivity contribution in [1.29, 1.82) is 0 Å². The fraction of sp³-hybridized carbons (Fsp3) is 0.562. The van der Waals surface area contributed by atoms with Gasteiger partial charge in [-0.25, -0.2) is 0 Å². The number of aromatic nitrogens is 1. The number of aryl methyl sites for hydroxylation is 1. The third-order valence-corrected chi connectivity index (χ3v) is 4.11. The average Bonchev–Trinajstić information content (AvgIpc) is 2.89. The summed E-state index contributed by atoms with van der Waals surface area (Å²) in [7, 11) is 0. The van der Waals surface area contributed by atoms with E-state index in [4.69, 9.17) is 4.42 Å². The molecule has 1 aliphatic rings. The monoisotopic (exact) mass is 289 g/mol. The van der Waals surface area contributed by atoms with Crippen molar-refractivity contribution in [3.05, 3.63) is 23.8 Å². The second-order valence-corrected chi connectivity index (χ2v) is 5.91. The highest BCUT2D eigenvalue weighted by Crippen LogP contribution is 2.20. The Morgan fingerprint density at radius 1 is 1.48 bits per heavy atom. The SMILES string of the molecule is Cc1ccc2oc(NCCN3CCCC(CO)C3)nc2c1. The molecule has 2 aromatic rings. The fourth-order valence-corrected chi connectivity index (χ4v) is 2.94. The molecule has 1 saturated heterocycles. The second kappa shape index (κ2) is 6.45. The maximum atomic E-state index is 9.25. The van der Waals surface area contributed by atoms with Crippen LogP contribution in [0.4, 0.5) is 6.01 Å². The van der Waals surface area contributed by atoms with Gasteiger partial charge in [0.1, 0.15) is 5.52 Å². The van der Waals surface area contributed by atoms with Gasteiger partial charge in [0.15, 0.2) is 5.58 Å². The van der Waals surface area contributed by atoms with Crippen LogP contribution in [0.5, 0.6) is 0 Å². The van der Waals surface area contributed by atoms with E-state index in [2.05, 4.69) is 22.1 Å². The van der Waals surface area contributed by atoms with E-state index >= 15 is 0 Å². The number of fused-ring (bicyclic) bond motifs is 1. The molecule has 5 heteroatoms. The summed E-state index contributed by atoms with van der Waals surface area (Å²) in [6, 6.07) is 6.60. The van der Waals surface area contributed by atoms with Crippen LogP contribution < -0.4 is 5.32 Å². The Labute approximate surface area is 125 Å². The fourth-order valence-electron chi connectivity index (χ4n) is 2.94. The lowest BCUT2D eigenvalue weighted by Crippen LogP contribution is -2.39. The molecule has 0 saturated carbocycles. The Kier molecular flexibility index (Phi) is 4.41. The van der Waals surface area contributed by atoms with E-state index in [1.54, 1.807) is 0 Å². The van der Waals surface area contributed by atoms with Crippen LogP contribution in [-0.2, 0) is 0 Å². The van der Waals surface area contributed by atoms with E-state index in [-0.39, 0.29) is 0 Å². The number of nitrogens with one attached hydrogen (secondary N) is 1. The zero-order chi connectivity index (χ0) is 14.7. The highest BCUT2D eigenvalue weighted by atomic mass is 16.4. The third kappa shape index (κ3) is 3.54. The summed E-state index contributed by atoms with van der Waals surface area (Å²) >= 11 is 0. The lowest BCUT2D eigenvalue weighted by atomic mass is 9.99. The molecule has 2 heterocycles. The Balaban J connectivity index is 1.52. The number of hydrogen-bond donors (Lipinski definition) is 2. The van der Waals surface area contributed by atoms with E-state index in [0.29, 0.717) is 18.5 Å². The Morgan fingerprint density at radius 3 is 3.24 bits per heavy atom. The molecular weight excluding hydrogens is 266 g/mol. The normalized spacial score (nSPS) is 20.0. The van der Waals surface area contributed by atoms with Gasteiger partial charge in [0.2, 0.25) is 0 Å². The molecule has 0 amide bonds. The predicted molar refractivity (Wildman–Crippen MR) is 83.5 cm³/mol. The average molecular weight is 289 g/mol. The number of piperidine rings is 1. The van der Waals surface area contributed by atoms with E-state index in [0.717, 1.165) is 43.7 Å². The minimum atomic E-state index is 0.300. The summed E-state index contributed by atoms with van der Waals surface area (Å²) in [6.45, 7) is 6.22. The zero-order valence-electron chi connectivity index (χ0n) is 12.5. The lowest BCUT2D eigenvalue weighted by molar-refractivity contribution is 0.123. The number of rotatable bonds is 5. The first-order chi connectivity index (χ1) is 10.2. The first kappa shape index (κ1) is 14.4. The third-order valence-electron chi connectivity index (χ3n) is 4.11. The predicted octanol–water partition coefficient (Wildman–Crippen LogP) is 2.25. The first-order valence-corrected chi connectivity index (χ1v) is 7.69. The molecule has 1 fully saturated rings. The van der Waals surface area contributed by atoms with Crippen LogP contribution in [0.15, 0.2) is 22.6 Å². The number of anilines is 1. The summed E-state index contributed by atoms with van der Waals surface area (Å²) in [5.74, 6) is 0.436.